The van der Waals surface area contributed by atoms with Crippen LogP contribution in [0.3, 0.4) is 0 Å². The first-order chi connectivity index (χ1) is 9.12. The average Bonchev–Trinajstić information content (AvgIpc) is 2.97. The van der Waals surface area contributed by atoms with Crippen LogP contribution in [0.2, 0.25) is 5.02 Å². The second-order valence-corrected chi connectivity index (χ2v) is 7.12. The molecule has 1 aliphatic heterocycles. The van der Waals surface area contributed by atoms with Crippen LogP contribution in [0.4, 0.5) is 0 Å². The number of rotatable bonds is 6. The molecule has 1 aromatic heterocycles. The van der Waals surface area contributed by atoms with Gasteiger partial charge in [-0.3, -0.25) is 4.68 Å². The topological polar surface area (TPSA) is 39.1 Å². The molecular weight excluding hydrogens is 282 g/mol. The minimum absolute atomic E-state index is 0.184. The molecule has 0 spiro atoms. The van der Waals surface area contributed by atoms with E-state index in [1.807, 2.05) is 23.5 Å². The van der Waals surface area contributed by atoms with E-state index in [4.69, 9.17) is 16.3 Å². The SMILES string of the molecule is CNC(c1c(Cl)cnn1CCOC)C1(C)CCCS1. The van der Waals surface area contributed by atoms with Gasteiger partial charge in [-0.25, -0.2) is 0 Å². The minimum atomic E-state index is 0.184. The summed E-state index contributed by atoms with van der Waals surface area (Å²) < 4.78 is 7.30. The molecule has 0 saturated carbocycles. The van der Waals surface area contributed by atoms with E-state index >= 15 is 0 Å². The van der Waals surface area contributed by atoms with Gasteiger partial charge in [0.15, 0.2) is 0 Å². The molecule has 2 atom stereocenters. The van der Waals surface area contributed by atoms with Crippen molar-refractivity contribution < 1.29 is 4.74 Å². The maximum atomic E-state index is 6.36. The number of nitrogens with zero attached hydrogens (tertiary/aromatic N) is 2. The first kappa shape index (κ1) is 15.2. The maximum Gasteiger partial charge on any atom is 0.0834 e. The van der Waals surface area contributed by atoms with Crippen molar-refractivity contribution in [3.63, 3.8) is 0 Å². The monoisotopic (exact) mass is 303 g/mol. The Morgan fingerprint density at radius 2 is 2.47 bits per heavy atom. The Morgan fingerprint density at radius 3 is 3.05 bits per heavy atom. The van der Waals surface area contributed by atoms with Crippen molar-refractivity contribution in [2.24, 2.45) is 0 Å². The average molecular weight is 304 g/mol. The number of thioether (sulfide) groups is 1. The number of nitrogens with one attached hydrogen (secondary N) is 1. The zero-order chi connectivity index (χ0) is 13.9. The zero-order valence-corrected chi connectivity index (χ0v) is 13.4. The van der Waals surface area contributed by atoms with Crippen molar-refractivity contribution in [2.45, 2.75) is 37.1 Å². The third kappa shape index (κ3) is 3.10. The summed E-state index contributed by atoms with van der Waals surface area (Å²) >= 11 is 8.39. The van der Waals surface area contributed by atoms with Crippen LogP contribution < -0.4 is 5.32 Å². The zero-order valence-electron chi connectivity index (χ0n) is 11.8. The molecule has 0 amide bonds. The molecule has 2 rings (SSSR count). The van der Waals surface area contributed by atoms with Gasteiger partial charge in [-0.05, 0) is 32.6 Å². The van der Waals surface area contributed by atoms with Crippen molar-refractivity contribution in [1.82, 2.24) is 15.1 Å². The summed E-state index contributed by atoms with van der Waals surface area (Å²) in [7, 11) is 3.70. The maximum absolute atomic E-state index is 6.36. The van der Waals surface area contributed by atoms with Crippen LogP contribution in [-0.4, -0.2) is 41.0 Å². The van der Waals surface area contributed by atoms with Crippen LogP contribution >= 0.6 is 23.4 Å². The summed E-state index contributed by atoms with van der Waals surface area (Å²) in [6.07, 6.45) is 4.21. The molecule has 0 radical (unpaired) electrons. The first-order valence-electron chi connectivity index (χ1n) is 6.63. The van der Waals surface area contributed by atoms with Crippen LogP contribution in [0.5, 0.6) is 0 Å². The molecule has 1 aromatic rings. The van der Waals surface area contributed by atoms with Crippen molar-refractivity contribution in [3.05, 3.63) is 16.9 Å². The number of hydrogen-bond donors (Lipinski definition) is 1. The lowest BCUT2D eigenvalue weighted by molar-refractivity contribution is 0.181. The molecule has 1 aliphatic rings. The van der Waals surface area contributed by atoms with Crippen molar-refractivity contribution in [1.29, 1.82) is 0 Å². The van der Waals surface area contributed by atoms with Gasteiger partial charge in [-0.1, -0.05) is 11.6 Å². The smallest absolute Gasteiger partial charge is 0.0834 e. The van der Waals surface area contributed by atoms with Crippen LogP contribution in [0.15, 0.2) is 6.20 Å². The molecular formula is C13H22ClN3OS. The van der Waals surface area contributed by atoms with Crippen LogP contribution in [0.25, 0.3) is 0 Å². The third-order valence-electron chi connectivity index (χ3n) is 3.76. The molecule has 19 heavy (non-hydrogen) atoms. The van der Waals surface area contributed by atoms with E-state index in [1.165, 1.54) is 18.6 Å². The lowest BCUT2D eigenvalue weighted by atomic mass is 9.93. The molecule has 0 aliphatic carbocycles. The fourth-order valence-electron chi connectivity index (χ4n) is 2.77. The second-order valence-electron chi connectivity index (χ2n) is 5.08. The first-order valence-corrected chi connectivity index (χ1v) is 8.00. The minimum Gasteiger partial charge on any atom is -0.383 e. The number of halogens is 1. The molecule has 0 bridgehead atoms. The number of ether oxygens (including phenoxy) is 1. The molecule has 1 saturated heterocycles. The van der Waals surface area contributed by atoms with Gasteiger partial charge >= 0.3 is 0 Å². The van der Waals surface area contributed by atoms with E-state index in [1.54, 1.807) is 13.3 Å². The van der Waals surface area contributed by atoms with Gasteiger partial charge in [-0.15, -0.1) is 0 Å². The fraction of sp³-hybridized carbons (Fsp3) is 0.769. The van der Waals surface area contributed by atoms with E-state index in [-0.39, 0.29) is 10.8 Å². The summed E-state index contributed by atoms with van der Waals surface area (Å²) in [6.45, 7) is 3.69. The van der Waals surface area contributed by atoms with Gasteiger partial charge in [0.1, 0.15) is 0 Å². The van der Waals surface area contributed by atoms with Gasteiger partial charge in [-0.2, -0.15) is 16.9 Å². The summed E-state index contributed by atoms with van der Waals surface area (Å²) in [5, 5.41) is 8.56. The van der Waals surface area contributed by atoms with Crippen LogP contribution in [-0.2, 0) is 11.3 Å². The van der Waals surface area contributed by atoms with E-state index in [9.17, 15) is 0 Å². The Bertz CT molecular complexity index is 418. The second kappa shape index (κ2) is 6.48. The quantitative estimate of drug-likeness (QED) is 0.877. The largest absolute Gasteiger partial charge is 0.383 e. The third-order valence-corrected chi connectivity index (χ3v) is 5.65. The normalized spacial score (nSPS) is 24.8. The van der Waals surface area contributed by atoms with Gasteiger partial charge in [0.05, 0.1) is 36.1 Å². The Hall–Kier alpha value is -0.230. The van der Waals surface area contributed by atoms with Crippen LogP contribution in [0.1, 0.15) is 31.5 Å². The highest BCUT2D eigenvalue weighted by Crippen LogP contribution is 2.47. The molecule has 4 nitrogen and oxygen atoms in total. The van der Waals surface area contributed by atoms with E-state index in [0.717, 1.165) is 17.3 Å². The van der Waals surface area contributed by atoms with Crippen LogP contribution in [0, 0.1) is 0 Å². The predicted octanol–water partition coefficient (Wildman–Crippen LogP) is 2.73. The number of methoxy groups -OCH3 is 1. The predicted molar refractivity (Wildman–Crippen MR) is 81.0 cm³/mol. The van der Waals surface area contributed by atoms with Gasteiger partial charge < -0.3 is 10.1 Å². The summed E-state index contributed by atoms with van der Waals surface area (Å²) in [6, 6.07) is 0.215. The van der Waals surface area contributed by atoms with Gasteiger partial charge in [0.2, 0.25) is 0 Å². The number of aromatic nitrogens is 2. The molecule has 0 aromatic carbocycles. The molecule has 6 heteroatoms. The van der Waals surface area contributed by atoms with Crippen molar-refractivity contribution >= 4 is 23.4 Å². The molecule has 1 fully saturated rings. The fourth-order valence-corrected chi connectivity index (χ4v) is 4.46. The Balaban J connectivity index is 2.29. The van der Waals surface area contributed by atoms with Crippen molar-refractivity contribution in [2.75, 3.05) is 26.5 Å². The summed E-state index contributed by atoms with van der Waals surface area (Å²) in [5.41, 5.74) is 1.08. The Kier molecular flexibility index (Phi) is 5.17. The highest BCUT2D eigenvalue weighted by atomic mass is 35.5. The number of hydrogen-bond acceptors (Lipinski definition) is 4. The van der Waals surface area contributed by atoms with Crippen molar-refractivity contribution in [3.8, 4) is 0 Å². The Morgan fingerprint density at radius 1 is 1.68 bits per heavy atom. The lowest BCUT2D eigenvalue weighted by Gasteiger charge is -2.33. The highest BCUT2D eigenvalue weighted by Gasteiger charge is 2.40. The van der Waals surface area contributed by atoms with E-state index in [0.29, 0.717) is 6.61 Å². The highest BCUT2D eigenvalue weighted by molar-refractivity contribution is 8.00. The molecule has 108 valence electrons. The summed E-state index contributed by atoms with van der Waals surface area (Å²) in [5.74, 6) is 1.22. The van der Waals surface area contributed by atoms with E-state index < -0.39 is 0 Å². The standard InChI is InChI=1S/C13H22ClN3OS/c1-13(5-4-8-19-13)12(15-2)11-10(14)9-16-17(11)6-7-18-3/h9,12,15H,4-8H2,1-3H3. The summed E-state index contributed by atoms with van der Waals surface area (Å²) in [4.78, 5) is 0. The van der Waals surface area contributed by atoms with Gasteiger partial charge in [0.25, 0.3) is 0 Å². The molecule has 2 heterocycles. The lowest BCUT2D eigenvalue weighted by Crippen LogP contribution is -2.37. The van der Waals surface area contributed by atoms with E-state index in [2.05, 4.69) is 17.3 Å². The Labute approximate surface area is 124 Å². The molecule has 2 unspecified atom stereocenters. The molecule has 1 N–H and O–H groups in total. The van der Waals surface area contributed by atoms with Gasteiger partial charge in [0, 0.05) is 11.9 Å².